The summed E-state index contributed by atoms with van der Waals surface area (Å²) in [5, 5.41) is 0. The molecule has 0 amide bonds. The number of halogens is 6. The highest BCUT2D eigenvalue weighted by Crippen LogP contribution is 2.33. The Kier molecular flexibility index (Phi) is 5.35. The fourth-order valence-electron chi connectivity index (χ4n) is 1.22. The number of hydrogen-bond acceptors (Lipinski definition) is 0. The molecule has 0 aliphatic heterocycles. The van der Waals surface area contributed by atoms with E-state index in [4.69, 9.17) is 0 Å². The lowest BCUT2D eigenvalue weighted by Gasteiger charge is -2.18. The highest BCUT2D eigenvalue weighted by atomic mass is 19.4. The van der Waals surface area contributed by atoms with Crippen molar-refractivity contribution in [2.24, 2.45) is 11.8 Å². The first-order chi connectivity index (χ1) is 7.12. The van der Waals surface area contributed by atoms with Gasteiger partial charge in [0.25, 0.3) is 0 Å². The van der Waals surface area contributed by atoms with E-state index in [1.165, 1.54) is 13.8 Å². The molecule has 0 fully saturated rings. The molecule has 6 heteroatoms. The second kappa shape index (κ2) is 5.59. The van der Waals surface area contributed by atoms with E-state index >= 15 is 0 Å². The van der Waals surface area contributed by atoms with Gasteiger partial charge >= 0.3 is 12.4 Å². The second-order valence-corrected chi connectivity index (χ2v) is 3.50. The maximum Gasteiger partial charge on any atom is 0.395 e. The van der Waals surface area contributed by atoms with Crippen molar-refractivity contribution in [3.63, 3.8) is 0 Å². The zero-order valence-corrected chi connectivity index (χ0v) is 8.99. The maximum atomic E-state index is 12.2. The van der Waals surface area contributed by atoms with Crippen molar-refractivity contribution < 1.29 is 26.3 Å². The van der Waals surface area contributed by atoms with Gasteiger partial charge in [-0.3, -0.25) is 0 Å². The molecule has 0 aromatic carbocycles. The van der Waals surface area contributed by atoms with Crippen LogP contribution in [0.3, 0.4) is 0 Å². The molecule has 2 unspecified atom stereocenters. The van der Waals surface area contributed by atoms with Gasteiger partial charge in [0, 0.05) is 0 Å². The number of hydrogen-bond donors (Lipinski definition) is 0. The number of allylic oxidation sites excluding steroid dienone is 2. The first-order valence-corrected chi connectivity index (χ1v) is 4.94. The van der Waals surface area contributed by atoms with Crippen LogP contribution in [-0.4, -0.2) is 12.4 Å². The van der Waals surface area contributed by atoms with Crippen LogP contribution in [0.1, 0.15) is 26.7 Å². The highest BCUT2D eigenvalue weighted by Gasteiger charge is 2.39. The first-order valence-electron chi connectivity index (χ1n) is 4.94. The van der Waals surface area contributed by atoms with Crippen LogP contribution in [0, 0.1) is 11.8 Å². The van der Waals surface area contributed by atoms with Gasteiger partial charge in [0.15, 0.2) is 0 Å². The van der Waals surface area contributed by atoms with Gasteiger partial charge in [0.05, 0.1) is 11.8 Å². The summed E-state index contributed by atoms with van der Waals surface area (Å²) in [5.41, 5.74) is 0. The minimum Gasteiger partial charge on any atom is -0.170 e. The Labute approximate surface area is 90.3 Å². The van der Waals surface area contributed by atoms with E-state index in [9.17, 15) is 26.3 Å². The third-order valence-electron chi connectivity index (χ3n) is 2.30. The van der Waals surface area contributed by atoms with E-state index in [1.54, 1.807) is 0 Å². The monoisotopic (exact) mass is 248 g/mol. The average Bonchev–Trinajstić information content (AvgIpc) is 2.08. The second-order valence-electron chi connectivity index (χ2n) is 3.50. The van der Waals surface area contributed by atoms with Crippen LogP contribution in [-0.2, 0) is 0 Å². The molecule has 0 saturated heterocycles. The highest BCUT2D eigenvalue weighted by molar-refractivity contribution is 4.97. The molecule has 0 nitrogen and oxygen atoms in total. The quantitative estimate of drug-likeness (QED) is 0.499. The van der Waals surface area contributed by atoms with E-state index in [1.807, 2.05) is 0 Å². The lowest BCUT2D eigenvalue weighted by molar-refractivity contribution is -0.167. The summed E-state index contributed by atoms with van der Waals surface area (Å²) in [6.07, 6.45) is -8.24. The Hall–Kier alpha value is -0.680. The van der Waals surface area contributed by atoms with Gasteiger partial charge in [0.2, 0.25) is 0 Å². The zero-order valence-electron chi connectivity index (χ0n) is 8.99. The van der Waals surface area contributed by atoms with E-state index < -0.39 is 24.2 Å². The SMILES string of the molecule is CCC(C=CC(CC)C(F)(F)F)C(F)(F)F. The fourth-order valence-corrected chi connectivity index (χ4v) is 1.22. The van der Waals surface area contributed by atoms with Gasteiger partial charge in [0.1, 0.15) is 0 Å². The Morgan fingerprint density at radius 3 is 1.12 bits per heavy atom. The molecule has 0 aromatic heterocycles. The maximum absolute atomic E-state index is 12.2. The summed E-state index contributed by atoms with van der Waals surface area (Å²) in [4.78, 5) is 0. The molecular formula is C10H14F6. The average molecular weight is 248 g/mol. The van der Waals surface area contributed by atoms with E-state index in [2.05, 4.69) is 0 Å². The standard InChI is InChI=1S/C10H14F6/c1-3-7(9(11,12)13)5-6-8(4-2)10(14,15)16/h5-8H,3-4H2,1-2H3. The molecule has 0 N–H and O–H groups in total. The molecule has 96 valence electrons. The van der Waals surface area contributed by atoms with Gasteiger partial charge in [-0.05, 0) is 12.8 Å². The van der Waals surface area contributed by atoms with Crippen LogP contribution >= 0.6 is 0 Å². The van der Waals surface area contributed by atoms with Crippen LogP contribution in [0.15, 0.2) is 12.2 Å². The van der Waals surface area contributed by atoms with E-state index in [-0.39, 0.29) is 12.8 Å². The Morgan fingerprint density at radius 2 is 1.00 bits per heavy atom. The van der Waals surface area contributed by atoms with Gasteiger partial charge in [-0.25, -0.2) is 0 Å². The van der Waals surface area contributed by atoms with Crippen molar-refractivity contribution in [3.8, 4) is 0 Å². The Bertz CT molecular complexity index is 200. The Morgan fingerprint density at radius 1 is 0.750 bits per heavy atom. The van der Waals surface area contributed by atoms with Crippen molar-refractivity contribution in [1.29, 1.82) is 0 Å². The molecule has 16 heavy (non-hydrogen) atoms. The van der Waals surface area contributed by atoms with Gasteiger partial charge in [-0.15, -0.1) is 0 Å². The van der Waals surface area contributed by atoms with Crippen molar-refractivity contribution in [2.75, 3.05) is 0 Å². The largest absolute Gasteiger partial charge is 0.395 e. The third kappa shape index (κ3) is 4.90. The molecule has 0 rings (SSSR count). The lowest BCUT2D eigenvalue weighted by Crippen LogP contribution is -2.23. The van der Waals surface area contributed by atoms with Crippen LogP contribution in [0.4, 0.5) is 26.3 Å². The smallest absolute Gasteiger partial charge is 0.170 e. The number of rotatable bonds is 4. The molecule has 0 aromatic rings. The summed E-state index contributed by atoms with van der Waals surface area (Å²) in [6.45, 7) is 2.58. The van der Waals surface area contributed by atoms with Crippen LogP contribution in [0.2, 0.25) is 0 Å². The molecule has 0 aliphatic carbocycles. The number of alkyl halides is 6. The summed E-state index contributed by atoms with van der Waals surface area (Å²) in [7, 11) is 0. The summed E-state index contributed by atoms with van der Waals surface area (Å²) >= 11 is 0. The fraction of sp³-hybridized carbons (Fsp3) is 0.800. The van der Waals surface area contributed by atoms with E-state index in [0.29, 0.717) is 12.2 Å². The van der Waals surface area contributed by atoms with Crippen LogP contribution in [0.25, 0.3) is 0 Å². The molecule has 2 atom stereocenters. The molecule has 0 radical (unpaired) electrons. The molecule has 0 bridgehead atoms. The summed E-state index contributed by atoms with van der Waals surface area (Å²) in [6, 6.07) is 0. The summed E-state index contributed by atoms with van der Waals surface area (Å²) < 4.78 is 73.4. The van der Waals surface area contributed by atoms with Gasteiger partial charge in [-0.1, -0.05) is 26.0 Å². The predicted octanol–water partition coefficient (Wildman–Crippen LogP) is 4.72. The third-order valence-corrected chi connectivity index (χ3v) is 2.30. The van der Waals surface area contributed by atoms with Crippen LogP contribution < -0.4 is 0 Å². The zero-order chi connectivity index (χ0) is 13.0. The topological polar surface area (TPSA) is 0 Å². The predicted molar refractivity (Wildman–Crippen MR) is 48.8 cm³/mol. The first kappa shape index (κ1) is 15.3. The Balaban J connectivity index is 4.67. The molecular weight excluding hydrogens is 234 g/mol. The molecule has 0 aliphatic rings. The summed E-state index contributed by atoms with van der Waals surface area (Å²) in [5.74, 6) is -3.60. The molecule has 0 spiro atoms. The van der Waals surface area contributed by atoms with Crippen molar-refractivity contribution in [1.82, 2.24) is 0 Å². The minimum absolute atomic E-state index is 0.256. The van der Waals surface area contributed by atoms with Crippen molar-refractivity contribution >= 4 is 0 Å². The minimum atomic E-state index is -4.48. The van der Waals surface area contributed by atoms with Gasteiger partial charge in [-0.2, -0.15) is 26.3 Å². The normalized spacial score (nSPS) is 17.8. The lowest BCUT2D eigenvalue weighted by atomic mass is 10.00. The molecule has 0 heterocycles. The van der Waals surface area contributed by atoms with Gasteiger partial charge < -0.3 is 0 Å². The van der Waals surface area contributed by atoms with Crippen molar-refractivity contribution in [2.45, 2.75) is 39.0 Å². The molecule has 0 saturated carbocycles. The van der Waals surface area contributed by atoms with E-state index in [0.717, 1.165) is 0 Å². The van der Waals surface area contributed by atoms with Crippen molar-refractivity contribution in [3.05, 3.63) is 12.2 Å². The van der Waals surface area contributed by atoms with Crippen LogP contribution in [0.5, 0.6) is 0 Å².